The number of esters is 1. The summed E-state index contributed by atoms with van der Waals surface area (Å²) in [5.41, 5.74) is -2.23. The molecule has 0 atom stereocenters. The second kappa shape index (κ2) is 6.78. The second-order valence-corrected chi connectivity index (χ2v) is 4.62. The van der Waals surface area contributed by atoms with Crippen LogP contribution in [0.1, 0.15) is 37.0 Å². The van der Waals surface area contributed by atoms with Crippen LogP contribution in [-0.2, 0) is 15.7 Å². The van der Waals surface area contributed by atoms with E-state index in [1.54, 1.807) is 25.9 Å². The molecule has 6 nitrogen and oxygen atoms in total. The van der Waals surface area contributed by atoms with Crippen LogP contribution in [0.15, 0.2) is 6.07 Å². The lowest BCUT2D eigenvalue weighted by Gasteiger charge is -2.18. The number of hydrogen-bond acceptors (Lipinski definition) is 4. The molecule has 0 spiro atoms. The molecule has 21 heavy (non-hydrogen) atoms. The van der Waals surface area contributed by atoms with Crippen molar-refractivity contribution < 1.29 is 32.6 Å². The number of carboxylic acids is 1. The first kappa shape index (κ1) is 18.5. The van der Waals surface area contributed by atoms with Crippen LogP contribution in [0, 0.1) is 12.3 Å². The summed E-state index contributed by atoms with van der Waals surface area (Å²) in [6.07, 6.45) is -0.227. The topological polar surface area (TPSA) is 92.3 Å². The number of ether oxygens (including phenoxy) is 1. The van der Waals surface area contributed by atoms with Crippen LogP contribution in [0.5, 0.6) is 0 Å². The molecule has 0 radical (unpaired) electrons. The summed E-state index contributed by atoms with van der Waals surface area (Å²) in [6, 6.07) is 0.619. The van der Waals surface area contributed by atoms with Gasteiger partial charge in [-0.3, -0.25) is 5.10 Å². The van der Waals surface area contributed by atoms with Gasteiger partial charge in [-0.2, -0.15) is 18.3 Å². The molecule has 9 heteroatoms. The number of aliphatic carboxylic acids is 1. The van der Waals surface area contributed by atoms with Crippen molar-refractivity contribution >= 4 is 11.9 Å². The highest BCUT2D eigenvalue weighted by Gasteiger charge is 2.34. The molecule has 0 aliphatic carbocycles. The van der Waals surface area contributed by atoms with E-state index >= 15 is 0 Å². The number of hydrogen-bond donors (Lipinski definition) is 2. The molecule has 116 valence electrons. The predicted octanol–water partition coefficient (Wildman–Crippen LogP) is 2.09. The molecule has 1 rings (SSSR count). The number of nitrogens with one attached hydrogen (secondary N) is 1. The van der Waals surface area contributed by atoms with E-state index in [1.165, 1.54) is 5.92 Å². The van der Waals surface area contributed by atoms with Gasteiger partial charge in [-0.05, 0) is 20.8 Å². The van der Waals surface area contributed by atoms with Gasteiger partial charge >= 0.3 is 18.1 Å². The Morgan fingerprint density at radius 2 is 1.86 bits per heavy atom. The van der Waals surface area contributed by atoms with Gasteiger partial charge in [0.05, 0.1) is 0 Å². The summed E-state index contributed by atoms with van der Waals surface area (Å²) in [4.78, 5) is 20.5. The largest absolute Gasteiger partial charge is 0.472 e. The van der Waals surface area contributed by atoms with Crippen molar-refractivity contribution in [2.45, 2.75) is 32.5 Å². The highest BCUT2D eigenvalue weighted by molar-refractivity contribution is 5.87. The van der Waals surface area contributed by atoms with E-state index in [-0.39, 0.29) is 5.69 Å². The van der Waals surface area contributed by atoms with Gasteiger partial charge in [-0.1, -0.05) is 0 Å². The first-order valence-corrected chi connectivity index (χ1v) is 5.42. The van der Waals surface area contributed by atoms with E-state index in [2.05, 4.69) is 11.5 Å². The number of rotatable bonds is 1. The summed E-state index contributed by atoms with van der Waals surface area (Å²) in [7, 11) is 0. The Labute approximate surface area is 118 Å². The van der Waals surface area contributed by atoms with Crippen LogP contribution >= 0.6 is 0 Å². The minimum Gasteiger partial charge on any atom is -0.472 e. The van der Waals surface area contributed by atoms with Gasteiger partial charge in [0.1, 0.15) is 11.3 Å². The van der Waals surface area contributed by atoms with Crippen molar-refractivity contribution in [3.63, 3.8) is 0 Å². The zero-order chi connectivity index (χ0) is 16.8. The van der Waals surface area contributed by atoms with Crippen LogP contribution in [-0.4, -0.2) is 32.8 Å². The third-order valence-corrected chi connectivity index (χ3v) is 1.61. The van der Waals surface area contributed by atoms with Crippen molar-refractivity contribution in [2.75, 3.05) is 0 Å². The highest BCUT2D eigenvalue weighted by atomic mass is 19.4. The van der Waals surface area contributed by atoms with Gasteiger partial charge in [0.2, 0.25) is 0 Å². The fourth-order valence-corrected chi connectivity index (χ4v) is 0.902. The Bertz CT molecular complexity index is 550. The average molecular weight is 306 g/mol. The fourth-order valence-electron chi connectivity index (χ4n) is 0.902. The number of carbonyl (C=O) groups is 2. The van der Waals surface area contributed by atoms with E-state index in [9.17, 15) is 18.0 Å². The third-order valence-electron chi connectivity index (χ3n) is 1.61. The second-order valence-electron chi connectivity index (χ2n) is 4.62. The first-order chi connectivity index (χ1) is 9.36. The maximum atomic E-state index is 12.2. The van der Waals surface area contributed by atoms with Gasteiger partial charge in [0.25, 0.3) is 0 Å². The third kappa shape index (κ3) is 7.61. The van der Waals surface area contributed by atoms with Gasteiger partial charge in [-0.15, -0.1) is 6.42 Å². The van der Waals surface area contributed by atoms with Gasteiger partial charge in [0.15, 0.2) is 5.69 Å². The summed E-state index contributed by atoms with van der Waals surface area (Å²) in [5, 5.41) is 12.5. The zero-order valence-corrected chi connectivity index (χ0v) is 11.4. The Kier molecular flexibility index (Phi) is 5.98. The highest BCUT2D eigenvalue weighted by Crippen LogP contribution is 2.28. The molecule has 0 saturated carbocycles. The normalized spacial score (nSPS) is 10.9. The molecule has 1 aromatic rings. The maximum absolute atomic E-state index is 12.2. The molecule has 0 bridgehead atoms. The Morgan fingerprint density at radius 3 is 2.14 bits per heavy atom. The summed E-state index contributed by atoms with van der Waals surface area (Å²) in [6.45, 7) is 4.84. The smallest absolute Gasteiger partial charge is 0.432 e. The molecule has 0 unspecified atom stereocenters. The van der Waals surface area contributed by atoms with Crippen LogP contribution in [0.25, 0.3) is 0 Å². The number of H-pyrrole nitrogens is 1. The standard InChI is InChI=1S/C9H11F3N2O2.C3H2O2/c1-8(2,3)16-7(15)5-4-6(14-13-5)9(10,11)12;1-2-3(4)5/h4H,1-3H3,(H,13,14);1H,(H,4,5). The minimum atomic E-state index is -4.55. The lowest BCUT2D eigenvalue weighted by atomic mass is 10.2. The van der Waals surface area contributed by atoms with Crippen molar-refractivity contribution in [1.29, 1.82) is 0 Å². The molecule has 1 aromatic heterocycles. The van der Waals surface area contributed by atoms with E-state index in [1.807, 2.05) is 0 Å². The fraction of sp³-hybridized carbons (Fsp3) is 0.417. The van der Waals surface area contributed by atoms with Crippen molar-refractivity contribution in [2.24, 2.45) is 0 Å². The number of halogens is 3. The molecule has 0 aromatic carbocycles. The number of nitrogens with zero attached hydrogens (tertiary/aromatic N) is 1. The van der Waals surface area contributed by atoms with Gasteiger partial charge in [0, 0.05) is 12.0 Å². The number of carboxylic acid groups (broad SMARTS) is 1. The summed E-state index contributed by atoms with van der Waals surface area (Å²) >= 11 is 0. The Hall–Kier alpha value is -2.50. The Balaban J connectivity index is 0.000000690. The van der Waals surface area contributed by atoms with E-state index in [0.717, 1.165) is 0 Å². The summed E-state index contributed by atoms with van der Waals surface area (Å²) < 4.78 is 41.4. The number of alkyl halides is 3. The first-order valence-electron chi connectivity index (χ1n) is 5.42. The molecule has 0 saturated heterocycles. The molecule has 2 N–H and O–H groups in total. The molecular formula is C12H13F3N2O4. The van der Waals surface area contributed by atoms with Gasteiger partial charge < -0.3 is 9.84 Å². The zero-order valence-electron chi connectivity index (χ0n) is 11.4. The maximum Gasteiger partial charge on any atom is 0.432 e. The van der Waals surface area contributed by atoms with Crippen LogP contribution in [0.3, 0.4) is 0 Å². The quantitative estimate of drug-likeness (QED) is 0.612. The molecule has 1 heterocycles. The summed E-state index contributed by atoms with van der Waals surface area (Å²) in [5.74, 6) is -0.663. The number of carbonyl (C=O) groups excluding carboxylic acids is 1. The van der Waals surface area contributed by atoms with Crippen LogP contribution in [0.4, 0.5) is 13.2 Å². The van der Waals surface area contributed by atoms with Crippen molar-refractivity contribution in [3.8, 4) is 12.3 Å². The molecular weight excluding hydrogens is 293 g/mol. The lowest BCUT2D eigenvalue weighted by molar-refractivity contribution is -0.141. The van der Waals surface area contributed by atoms with Crippen molar-refractivity contribution in [3.05, 3.63) is 17.5 Å². The van der Waals surface area contributed by atoms with E-state index in [4.69, 9.17) is 14.6 Å². The minimum absolute atomic E-state index is 0.387. The Morgan fingerprint density at radius 1 is 1.38 bits per heavy atom. The van der Waals surface area contributed by atoms with Crippen molar-refractivity contribution in [1.82, 2.24) is 10.2 Å². The molecule has 0 aliphatic rings. The predicted molar refractivity (Wildman–Crippen MR) is 65.2 cm³/mol. The van der Waals surface area contributed by atoms with E-state index < -0.39 is 29.4 Å². The SMILES string of the molecule is C#CC(=O)O.CC(C)(C)OC(=O)c1cc(C(F)(F)F)[nH]n1. The number of aromatic amines is 1. The lowest BCUT2D eigenvalue weighted by Crippen LogP contribution is -2.24. The van der Waals surface area contributed by atoms with Crippen LogP contribution in [0.2, 0.25) is 0 Å². The average Bonchev–Trinajstić information content (AvgIpc) is 2.76. The molecule has 0 fully saturated rings. The van der Waals surface area contributed by atoms with E-state index in [0.29, 0.717) is 6.07 Å². The molecule has 0 amide bonds. The monoisotopic (exact) mass is 306 g/mol. The molecule has 0 aliphatic heterocycles. The number of aromatic nitrogens is 2. The van der Waals surface area contributed by atoms with Crippen LogP contribution < -0.4 is 0 Å². The number of terminal acetylenes is 1. The van der Waals surface area contributed by atoms with Gasteiger partial charge in [-0.25, -0.2) is 9.59 Å².